The number of halogens is 3. The van der Waals surface area contributed by atoms with E-state index < -0.39 is 17.3 Å². The predicted octanol–water partition coefficient (Wildman–Crippen LogP) is 2.55. The Morgan fingerprint density at radius 3 is 2.57 bits per heavy atom. The Hall–Kier alpha value is -2.16. The number of benzene rings is 1. The normalized spacial score (nSPS) is 11.5. The molecule has 0 saturated heterocycles. The van der Waals surface area contributed by atoms with E-state index in [9.17, 15) is 18.0 Å². The van der Waals surface area contributed by atoms with Gasteiger partial charge in [-0.3, -0.25) is 4.79 Å². The molecule has 2 aromatic rings. The summed E-state index contributed by atoms with van der Waals surface area (Å²) in [4.78, 5) is 15.1. The fraction of sp³-hybridized carbons (Fsp3) is 0.286. The van der Waals surface area contributed by atoms with Crippen molar-refractivity contribution >= 4 is 17.6 Å². The first-order valence-corrected chi connectivity index (χ1v) is 7.52. The summed E-state index contributed by atoms with van der Waals surface area (Å²) in [5, 5.41) is 0.450. The number of hydrogen-bond donors (Lipinski definition) is 1. The smallest absolute Gasteiger partial charge is 0.416 e. The highest BCUT2D eigenvalue weighted by Gasteiger charge is 2.29. The summed E-state index contributed by atoms with van der Waals surface area (Å²) >= 11 is 1.27. The van der Waals surface area contributed by atoms with Gasteiger partial charge >= 0.3 is 6.18 Å². The number of aromatic nitrogens is 2. The first-order valence-electron chi connectivity index (χ1n) is 6.54. The number of ether oxygens (including phenoxy) is 1. The number of nitrogens with two attached hydrogens (primary N) is 1. The van der Waals surface area contributed by atoms with Crippen LogP contribution < -0.4 is 16.0 Å². The van der Waals surface area contributed by atoms with Crippen molar-refractivity contribution in [1.82, 2.24) is 9.55 Å². The van der Waals surface area contributed by atoms with Crippen LogP contribution in [0.5, 0.6) is 5.75 Å². The summed E-state index contributed by atoms with van der Waals surface area (Å²) in [6, 6.07) is 5.68. The highest BCUT2D eigenvalue weighted by molar-refractivity contribution is 7.99. The second kappa shape index (κ2) is 6.95. The van der Waals surface area contributed by atoms with E-state index in [1.54, 1.807) is 11.6 Å². The average Bonchev–Trinajstić information content (AvgIpc) is 2.48. The van der Waals surface area contributed by atoms with Crippen molar-refractivity contribution in [2.24, 2.45) is 7.05 Å². The molecular formula is C14H14F3N3O2S. The summed E-state index contributed by atoms with van der Waals surface area (Å²) in [7, 11) is 1.68. The Morgan fingerprint density at radius 1 is 1.30 bits per heavy atom. The zero-order valence-corrected chi connectivity index (χ0v) is 12.9. The number of nitrogen functional groups attached to an aromatic ring is 1. The molecule has 1 heterocycles. The molecule has 5 nitrogen and oxygen atoms in total. The Labute approximate surface area is 134 Å². The van der Waals surface area contributed by atoms with E-state index >= 15 is 0 Å². The lowest BCUT2D eigenvalue weighted by Crippen LogP contribution is -2.16. The maximum Gasteiger partial charge on any atom is 0.416 e. The monoisotopic (exact) mass is 345 g/mol. The molecule has 0 spiro atoms. The Balaban J connectivity index is 1.88. The van der Waals surface area contributed by atoms with Gasteiger partial charge in [-0.2, -0.15) is 18.2 Å². The molecule has 0 radical (unpaired) electrons. The molecule has 2 rings (SSSR count). The van der Waals surface area contributed by atoms with Gasteiger partial charge in [0.15, 0.2) is 5.16 Å². The number of alkyl halides is 3. The molecule has 0 unspecified atom stereocenters. The third-order valence-electron chi connectivity index (χ3n) is 2.92. The second-order valence-electron chi connectivity index (χ2n) is 4.58. The largest absolute Gasteiger partial charge is 0.493 e. The molecule has 0 aliphatic carbocycles. The van der Waals surface area contributed by atoms with Crippen molar-refractivity contribution in [3.8, 4) is 5.75 Å². The minimum atomic E-state index is -4.36. The average molecular weight is 345 g/mol. The lowest BCUT2D eigenvalue weighted by Gasteiger charge is -2.10. The second-order valence-corrected chi connectivity index (χ2v) is 5.64. The van der Waals surface area contributed by atoms with Crippen LogP contribution in [0.25, 0.3) is 0 Å². The molecule has 2 N–H and O–H groups in total. The van der Waals surface area contributed by atoms with Gasteiger partial charge in [-0.15, -0.1) is 0 Å². The summed E-state index contributed by atoms with van der Waals surface area (Å²) in [6.07, 6.45) is -4.36. The van der Waals surface area contributed by atoms with Crippen molar-refractivity contribution < 1.29 is 17.9 Å². The Morgan fingerprint density at radius 2 is 1.96 bits per heavy atom. The maximum atomic E-state index is 12.4. The van der Waals surface area contributed by atoms with E-state index in [4.69, 9.17) is 10.5 Å². The SMILES string of the molecule is Cn1c(N)cc(=O)nc1SCCOc1ccc(C(F)(F)F)cc1. The number of anilines is 1. The predicted molar refractivity (Wildman–Crippen MR) is 81.6 cm³/mol. The summed E-state index contributed by atoms with van der Waals surface area (Å²) in [5.74, 6) is 1.11. The number of rotatable bonds is 5. The van der Waals surface area contributed by atoms with Crippen LogP contribution in [0.2, 0.25) is 0 Å². The molecule has 0 bridgehead atoms. The summed E-state index contributed by atoms with van der Waals surface area (Å²) < 4.78 is 44.2. The summed E-state index contributed by atoms with van der Waals surface area (Å²) in [6.45, 7) is 0.251. The standard InChI is InChI=1S/C14H14F3N3O2S/c1-20-11(18)8-12(21)19-13(20)23-7-6-22-10-4-2-9(3-5-10)14(15,16)17/h2-5,8H,6-7,18H2,1H3. The minimum Gasteiger partial charge on any atom is -0.493 e. The van der Waals surface area contributed by atoms with Gasteiger partial charge in [0.05, 0.1) is 12.2 Å². The van der Waals surface area contributed by atoms with Crippen LogP contribution in [0, 0.1) is 0 Å². The number of thioether (sulfide) groups is 1. The van der Waals surface area contributed by atoms with Gasteiger partial charge < -0.3 is 15.0 Å². The van der Waals surface area contributed by atoms with E-state index in [1.807, 2.05) is 0 Å². The Bertz CT molecular complexity index is 730. The lowest BCUT2D eigenvalue weighted by atomic mass is 10.2. The molecule has 0 atom stereocenters. The van der Waals surface area contributed by atoms with Gasteiger partial charge in [-0.25, -0.2) is 0 Å². The van der Waals surface area contributed by atoms with Crippen molar-refractivity contribution in [1.29, 1.82) is 0 Å². The van der Waals surface area contributed by atoms with E-state index in [-0.39, 0.29) is 6.61 Å². The minimum absolute atomic E-state index is 0.251. The molecule has 1 aromatic heterocycles. The summed E-state index contributed by atoms with van der Waals surface area (Å²) in [5.41, 5.74) is 4.50. The van der Waals surface area contributed by atoms with E-state index in [0.29, 0.717) is 22.5 Å². The molecular weight excluding hydrogens is 331 g/mol. The molecule has 9 heteroatoms. The molecule has 0 saturated carbocycles. The Kier molecular flexibility index (Phi) is 5.19. The molecule has 23 heavy (non-hydrogen) atoms. The van der Waals surface area contributed by atoms with Crippen LogP contribution in [-0.2, 0) is 13.2 Å². The van der Waals surface area contributed by atoms with Crippen molar-refractivity contribution in [2.75, 3.05) is 18.1 Å². The van der Waals surface area contributed by atoms with Gasteiger partial charge in [-0.05, 0) is 24.3 Å². The molecule has 0 amide bonds. The van der Waals surface area contributed by atoms with Crippen LogP contribution in [-0.4, -0.2) is 21.9 Å². The van der Waals surface area contributed by atoms with Crippen LogP contribution >= 0.6 is 11.8 Å². The third kappa shape index (κ3) is 4.65. The lowest BCUT2D eigenvalue weighted by molar-refractivity contribution is -0.137. The van der Waals surface area contributed by atoms with Crippen LogP contribution in [0.3, 0.4) is 0 Å². The zero-order valence-electron chi connectivity index (χ0n) is 12.1. The molecule has 0 fully saturated rings. The van der Waals surface area contributed by atoms with E-state index in [1.165, 1.54) is 30.0 Å². The van der Waals surface area contributed by atoms with Crippen LogP contribution in [0.4, 0.5) is 19.0 Å². The first kappa shape index (κ1) is 17.2. The third-order valence-corrected chi connectivity index (χ3v) is 3.91. The van der Waals surface area contributed by atoms with Crippen molar-refractivity contribution in [3.05, 3.63) is 46.2 Å². The van der Waals surface area contributed by atoms with Crippen LogP contribution in [0.15, 0.2) is 40.3 Å². The van der Waals surface area contributed by atoms with Gasteiger partial charge in [0.2, 0.25) is 0 Å². The molecule has 0 aliphatic rings. The van der Waals surface area contributed by atoms with Gasteiger partial charge in [-0.1, -0.05) is 11.8 Å². The molecule has 124 valence electrons. The van der Waals surface area contributed by atoms with E-state index in [0.717, 1.165) is 12.1 Å². The molecule has 1 aromatic carbocycles. The van der Waals surface area contributed by atoms with Crippen molar-refractivity contribution in [3.63, 3.8) is 0 Å². The molecule has 0 aliphatic heterocycles. The maximum absolute atomic E-state index is 12.4. The fourth-order valence-corrected chi connectivity index (χ4v) is 2.50. The number of nitrogens with zero attached hydrogens (tertiary/aromatic N) is 2. The van der Waals surface area contributed by atoms with Gasteiger partial charge in [0.1, 0.15) is 11.6 Å². The van der Waals surface area contributed by atoms with Gasteiger partial charge in [0, 0.05) is 18.9 Å². The van der Waals surface area contributed by atoms with Crippen molar-refractivity contribution in [2.45, 2.75) is 11.3 Å². The van der Waals surface area contributed by atoms with E-state index in [2.05, 4.69) is 4.98 Å². The highest BCUT2D eigenvalue weighted by atomic mass is 32.2. The van der Waals surface area contributed by atoms with Crippen LogP contribution in [0.1, 0.15) is 5.56 Å². The van der Waals surface area contributed by atoms with Gasteiger partial charge in [0.25, 0.3) is 5.56 Å². The highest BCUT2D eigenvalue weighted by Crippen LogP contribution is 2.30. The quantitative estimate of drug-likeness (QED) is 0.512. The first-order chi connectivity index (χ1) is 10.8. The topological polar surface area (TPSA) is 70.1 Å². The number of hydrogen-bond acceptors (Lipinski definition) is 5. The zero-order chi connectivity index (χ0) is 17.0. The fourth-order valence-electron chi connectivity index (χ4n) is 1.70.